The molecule has 104 valence electrons. The SMILES string of the molecule is CCOC(C(N)Cc1ccc2c(c1)CCC2)C1CC1. The zero-order chi connectivity index (χ0) is 13.2. The average Bonchev–Trinajstić information content (AvgIpc) is 3.13. The third-order valence-corrected chi connectivity index (χ3v) is 4.50. The molecule has 0 saturated heterocycles. The Kier molecular flexibility index (Phi) is 3.90. The molecule has 2 aliphatic rings. The first-order valence-corrected chi connectivity index (χ1v) is 7.75. The maximum atomic E-state index is 6.40. The maximum Gasteiger partial charge on any atom is 0.0757 e. The van der Waals surface area contributed by atoms with Crippen LogP contribution in [-0.4, -0.2) is 18.8 Å². The van der Waals surface area contributed by atoms with Gasteiger partial charge in [-0.1, -0.05) is 18.2 Å². The number of benzene rings is 1. The normalized spacial score (nSPS) is 21.2. The molecule has 0 bridgehead atoms. The minimum Gasteiger partial charge on any atom is -0.377 e. The second-order valence-electron chi connectivity index (χ2n) is 6.08. The second kappa shape index (κ2) is 5.64. The molecule has 0 spiro atoms. The molecule has 2 unspecified atom stereocenters. The minimum atomic E-state index is 0.145. The molecule has 2 atom stereocenters. The predicted molar refractivity (Wildman–Crippen MR) is 78.3 cm³/mol. The van der Waals surface area contributed by atoms with Crippen LogP contribution in [0.1, 0.15) is 42.9 Å². The van der Waals surface area contributed by atoms with Crippen LogP contribution in [0.5, 0.6) is 0 Å². The van der Waals surface area contributed by atoms with E-state index in [0.29, 0.717) is 5.92 Å². The number of aryl methyl sites for hydroxylation is 2. The molecule has 2 N–H and O–H groups in total. The average molecular weight is 259 g/mol. The van der Waals surface area contributed by atoms with Crippen molar-refractivity contribution in [3.63, 3.8) is 0 Å². The zero-order valence-corrected chi connectivity index (χ0v) is 11.9. The fraction of sp³-hybridized carbons (Fsp3) is 0.647. The summed E-state index contributed by atoms with van der Waals surface area (Å²) in [5.41, 5.74) is 10.9. The fourth-order valence-corrected chi connectivity index (χ4v) is 3.37. The summed E-state index contributed by atoms with van der Waals surface area (Å²) >= 11 is 0. The van der Waals surface area contributed by atoms with E-state index in [-0.39, 0.29) is 12.1 Å². The van der Waals surface area contributed by atoms with E-state index in [4.69, 9.17) is 10.5 Å². The van der Waals surface area contributed by atoms with Crippen LogP contribution in [0.4, 0.5) is 0 Å². The molecule has 2 heteroatoms. The molecule has 1 fully saturated rings. The van der Waals surface area contributed by atoms with Gasteiger partial charge in [0, 0.05) is 12.6 Å². The van der Waals surface area contributed by atoms with Crippen molar-refractivity contribution in [2.45, 2.75) is 57.6 Å². The number of hydrogen-bond acceptors (Lipinski definition) is 2. The molecule has 0 radical (unpaired) electrons. The van der Waals surface area contributed by atoms with Crippen LogP contribution in [0.2, 0.25) is 0 Å². The molecule has 19 heavy (non-hydrogen) atoms. The molecule has 0 aliphatic heterocycles. The molecule has 0 amide bonds. The van der Waals surface area contributed by atoms with Crippen molar-refractivity contribution in [2.24, 2.45) is 11.7 Å². The number of ether oxygens (including phenoxy) is 1. The van der Waals surface area contributed by atoms with E-state index >= 15 is 0 Å². The van der Waals surface area contributed by atoms with Gasteiger partial charge in [0.15, 0.2) is 0 Å². The van der Waals surface area contributed by atoms with E-state index in [1.165, 1.54) is 37.7 Å². The highest BCUT2D eigenvalue weighted by Crippen LogP contribution is 2.36. The van der Waals surface area contributed by atoms with Crippen molar-refractivity contribution in [2.75, 3.05) is 6.61 Å². The van der Waals surface area contributed by atoms with E-state index in [0.717, 1.165) is 13.0 Å². The number of rotatable bonds is 6. The lowest BCUT2D eigenvalue weighted by molar-refractivity contribution is 0.0288. The second-order valence-corrected chi connectivity index (χ2v) is 6.08. The summed E-state index contributed by atoms with van der Waals surface area (Å²) in [4.78, 5) is 0. The number of fused-ring (bicyclic) bond motifs is 1. The van der Waals surface area contributed by atoms with Gasteiger partial charge in [-0.15, -0.1) is 0 Å². The fourth-order valence-electron chi connectivity index (χ4n) is 3.37. The lowest BCUT2D eigenvalue weighted by atomic mass is 9.96. The van der Waals surface area contributed by atoms with Crippen molar-refractivity contribution < 1.29 is 4.74 Å². The van der Waals surface area contributed by atoms with Gasteiger partial charge in [0.25, 0.3) is 0 Å². The van der Waals surface area contributed by atoms with Crippen molar-refractivity contribution in [1.29, 1.82) is 0 Å². The molecule has 2 nitrogen and oxygen atoms in total. The van der Waals surface area contributed by atoms with E-state index in [1.807, 2.05) is 0 Å². The van der Waals surface area contributed by atoms with E-state index in [1.54, 1.807) is 11.1 Å². The summed E-state index contributed by atoms with van der Waals surface area (Å²) in [5, 5.41) is 0. The third kappa shape index (κ3) is 3.01. The molecule has 0 heterocycles. The summed E-state index contributed by atoms with van der Waals surface area (Å²) in [6.07, 6.45) is 7.62. The molecule has 1 aromatic rings. The van der Waals surface area contributed by atoms with Gasteiger partial charge in [-0.3, -0.25) is 0 Å². The predicted octanol–water partition coefficient (Wildman–Crippen LogP) is 2.86. The van der Waals surface area contributed by atoms with Crippen molar-refractivity contribution >= 4 is 0 Å². The van der Waals surface area contributed by atoms with Gasteiger partial charge in [0.2, 0.25) is 0 Å². The van der Waals surface area contributed by atoms with Crippen LogP contribution in [-0.2, 0) is 24.0 Å². The lowest BCUT2D eigenvalue weighted by Crippen LogP contribution is -2.40. The van der Waals surface area contributed by atoms with Gasteiger partial charge in [-0.2, -0.15) is 0 Å². The summed E-state index contributed by atoms with van der Waals surface area (Å²) < 4.78 is 5.87. The van der Waals surface area contributed by atoms with E-state index in [9.17, 15) is 0 Å². The standard InChI is InChI=1S/C17H25NO/c1-2-19-17(14-8-9-14)16(18)11-12-6-7-13-4-3-5-15(13)10-12/h6-7,10,14,16-17H,2-5,8-9,11,18H2,1H3. The molecular formula is C17H25NO. The Morgan fingerprint density at radius 2 is 2.05 bits per heavy atom. The van der Waals surface area contributed by atoms with Gasteiger partial charge in [-0.25, -0.2) is 0 Å². The Balaban J connectivity index is 1.66. The monoisotopic (exact) mass is 259 g/mol. The van der Waals surface area contributed by atoms with Gasteiger partial charge in [-0.05, 0) is 68.1 Å². The zero-order valence-electron chi connectivity index (χ0n) is 11.9. The summed E-state index contributed by atoms with van der Waals surface area (Å²) in [5.74, 6) is 0.712. The van der Waals surface area contributed by atoms with Crippen LogP contribution in [0, 0.1) is 5.92 Å². The van der Waals surface area contributed by atoms with Crippen molar-refractivity contribution in [3.05, 3.63) is 34.9 Å². The van der Waals surface area contributed by atoms with Gasteiger partial charge in [0.1, 0.15) is 0 Å². The van der Waals surface area contributed by atoms with Crippen molar-refractivity contribution in [3.8, 4) is 0 Å². The first kappa shape index (κ1) is 13.1. The maximum absolute atomic E-state index is 6.40. The first-order valence-electron chi connectivity index (χ1n) is 7.75. The van der Waals surface area contributed by atoms with Crippen LogP contribution < -0.4 is 5.73 Å². The van der Waals surface area contributed by atoms with Crippen LogP contribution >= 0.6 is 0 Å². The molecule has 1 saturated carbocycles. The Hall–Kier alpha value is -0.860. The topological polar surface area (TPSA) is 35.2 Å². The Morgan fingerprint density at radius 1 is 1.26 bits per heavy atom. The summed E-state index contributed by atoms with van der Waals surface area (Å²) in [7, 11) is 0. The van der Waals surface area contributed by atoms with Crippen LogP contribution in [0.25, 0.3) is 0 Å². The van der Waals surface area contributed by atoms with Gasteiger partial charge in [0.05, 0.1) is 6.10 Å². The molecule has 2 aliphatic carbocycles. The van der Waals surface area contributed by atoms with E-state index < -0.39 is 0 Å². The molecule has 0 aromatic heterocycles. The molecule has 1 aromatic carbocycles. The summed E-state index contributed by atoms with van der Waals surface area (Å²) in [6, 6.07) is 7.08. The van der Waals surface area contributed by atoms with Gasteiger partial charge < -0.3 is 10.5 Å². The van der Waals surface area contributed by atoms with Crippen LogP contribution in [0.3, 0.4) is 0 Å². The summed E-state index contributed by atoms with van der Waals surface area (Å²) in [6.45, 7) is 2.84. The lowest BCUT2D eigenvalue weighted by Gasteiger charge is -2.24. The van der Waals surface area contributed by atoms with E-state index in [2.05, 4.69) is 25.1 Å². The first-order chi connectivity index (χ1) is 9.28. The highest BCUT2D eigenvalue weighted by atomic mass is 16.5. The van der Waals surface area contributed by atoms with Gasteiger partial charge >= 0.3 is 0 Å². The Bertz CT molecular complexity index is 439. The largest absolute Gasteiger partial charge is 0.377 e. The molecule has 3 rings (SSSR count). The number of nitrogens with two attached hydrogens (primary N) is 1. The smallest absolute Gasteiger partial charge is 0.0757 e. The minimum absolute atomic E-state index is 0.145. The Morgan fingerprint density at radius 3 is 2.79 bits per heavy atom. The third-order valence-electron chi connectivity index (χ3n) is 4.50. The highest BCUT2D eigenvalue weighted by molar-refractivity contribution is 5.35. The highest BCUT2D eigenvalue weighted by Gasteiger charge is 2.35. The quantitative estimate of drug-likeness (QED) is 0.852. The van der Waals surface area contributed by atoms with Crippen LogP contribution in [0.15, 0.2) is 18.2 Å². The van der Waals surface area contributed by atoms with Crippen molar-refractivity contribution in [1.82, 2.24) is 0 Å². The Labute approximate surface area is 116 Å². The number of hydrogen-bond donors (Lipinski definition) is 1. The molecular weight excluding hydrogens is 234 g/mol.